The minimum atomic E-state index is 0.0354. The van der Waals surface area contributed by atoms with Gasteiger partial charge in [0.2, 0.25) is 5.91 Å². The Morgan fingerprint density at radius 3 is 2.91 bits per heavy atom. The third kappa shape index (κ3) is 1.91. The van der Waals surface area contributed by atoms with Gasteiger partial charge < -0.3 is 5.73 Å². The lowest BCUT2D eigenvalue weighted by Crippen LogP contribution is -2.03. The number of nitrogens with two attached hydrogens (primary N) is 1. The molecule has 1 heterocycles. The van der Waals surface area contributed by atoms with Crippen molar-refractivity contribution in [3.63, 3.8) is 0 Å². The molecular formula is C8H12N2O. The predicted molar refractivity (Wildman–Crippen MR) is 43.5 cm³/mol. The Labute approximate surface area is 65.8 Å². The lowest BCUT2D eigenvalue weighted by atomic mass is 10.2. The van der Waals surface area contributed by atoms with Crippen molar-refractivity contribution in [2.75, 3.05) is 6.54 Å². The number of aromatic nitrogens is 1. The Kier molecular flexibility index (Phi) is 2.44. The number of hydrogen-bond acceptors (Lipinski definition) is 2. The molecule has 1 rings (SSSR count). The Hall–Kier alpha value is -1.09. The van der Waals surface area contributed by atoms with Crippen molar-refractivity contribution >= 4 is 5.91 Å². The summed E-state index contributed by atoms with van der Waals surface area (Å²) in [6, 6.07) is 1.91. The predicted octanol–water partition coefficient (Wildman–Crippen LogP) is 0.649. The van der Waals surface area contributed by atoms with Crippen molar-refractivity contribution in [2.45, 2.75) is 13.3 Å². The topological polar surface area (TPSA) is 48.0 Å². The summed E-state index contributed by atoms with van der Waals surface area (Å²) < 4.78 is 1.56. The Morgan fingerprint density at radius 2 is 2.45 bits per heavy atom. The van der Waals surface area contributed by atoms with E-state index in [1.54, 1.807) is 10.8 Å². The van der Waals surface area contributed by atoms with Gasteiger partial charge >= 0.3 is 0 Å². The summed E-state index contributed by atoms with van der Waals surface area (Å²) in [5, 5.41) is 0. The van der Waals surface area contributed by atoms with Gasteiger partial charge in [-0.3, -0.25) is 9.36 Å². The molecule has 0 unspecified atom stereocenters. The van der Waals surface area contributed by atoms with Crippen LogP contribution in [0.3, 0.4) is 0 Å². The van der Waals surface area contributed by atoms with E-state index in [9.17, 15) is 4.79 Å². The second-order valence-corrected chi connectivity index (χ2v) is 2.48. The monoisotopic (exact) mass is 152 g/mol. The quantitative estimate of drug-likeness (QED) is 0.676. The second-order valence-electron chi connectivity index (χ2n) is 2.48. The first-order valence-corrected chi connectivity index (χ1v) is 3.62. The summed E-state index contributed by atoms with van der Waals surface area (Å²) in [6.45, 7) is 2.16. The van der Waals surface area contributed by atoms with E-state index in [0.29, 0.717) is 6.54 Å². The van der Waals surface area contributed by atoms with Crippen molar-refractivity contribution in [3.05, 3.63) is 24.0 Å². The zero-order valence-electron chi connectivity index (χ0n) is 6.58. The molecule has 0 saturated carbocycles. The van der Waals surface area contributed by atoms with Crippen LogP contribution in [0.15, 0.2) is 18.5 Å². The number of hydrogen-bond donors (Lipinski definition) is 1. The van der Waals surface area contributed by atoms with Crippen molar-refractivity contribution in [3.8, 4) is 0 Å². The second kappa shape index (κ2) is 3.34. The lowest BCUT2D eigenvalue weighted by Gasteiger charge is -1.92. The zero-order valence-corrected chi connectivity index (χ0v) is 6.58. The molecular weight excluding hydrogens is 140 g/mol. The number of rotatable bonds is 2. The molecule has 60 valence electrons. The summed E-state index contributed by atoms with van der Waals surface area (Å²) in [7, 11) is 0. The Bertz CT molecular complexity index is 252. The van der Waals surface area contributed by atoms with Crippen LogP contribution in [-0.2, 0) is 6.42 Å². The number of carbonyl (C=O) groups excluding carboxylic acids is 1. The first-order chi connectivity index (χ1) is 5.24. The first kappa shape index (κ1) is 8.01. The molecule has 0 atom stereocenters. The fourth-order valence-electron chi connectivity index (χ4n) is 0.951. The third-order valence-corrected chi connectivity index (χ3v) is 1.55. The van der Waals surface area contributed by atoms with Gasteiger partial charge in [-0.2, -0.15) is 0 Å². The van der Waals surface area contributed by atoms with Crippen LogP contribution in [0.5, 0.6) is 0 Å². The van der Waals surface area contributed by atoms with Crippen LogP contribution >= 0.6 is 0 Å². The normalized spacial score (nSPS) is 10.0. The van der Waals surface area contributed by atoms with Gasteiger partial charge in [-0.05, 0) is 24.6 Å². The van der Waals surface area contributed by atoms with E-state index in [-0.39, 0.29) is 5.91 Å². The smallest absolute Gasteiger partial charge is 0.227 e. The molecule has 0 amide bonds. The fourth-order valence-corrected chi connectivity index (χ4v) is 0.951. The van der Waals surface area contributed by atoms with E-state index < -0.39 is 0 Å². The van der Waals surface area contributed by atoms with Crippen molar-refractivity contribution in [1.82, 2.24) is 4.57 Å². The summed E-state index contributed by atoms with van der Waals surface area (Å²) in [5.74, 6) is 0.0354. The average Bonchev–Trinajstić information content (AvgIpc) is 2.37. The highest BCUT2D eigenvalue weighted by molar-refractivity contribution is 5.76. The van der Waals surface area contributed by atoms with Gasteiger partial charge in [0.15, 0.2) is 0 Å². The maximum atomic E-state index is 10.8. The number of carbonyl (C=O) groups is 1. The Balaban J connectivity index is 2.73. The zero-order chi connectivity index (χ0) is 8.27. The summed E-state index contributed by atoms with van der Waals surface area (Å²) in [4.78, 5) is 10.8. The molecule has 0 aliphatic carbocycles. The van der Waals surface area contributed by atoms with Crippen molar-refractivity contribution in [2.24, 2.45) is 5.73 Å². The minimum absolute atomic E-state index is 0.0354. The fraction of sp³-hybridized carbons (Fsp3) is 0.375. The molecule has 11 heavy (non-hydrogen) atoms. The highest BCUT2D eigenvalue weighted by Gasteiger charge is 1.97. The van der Waals surface area contributed by atoms with E-state index in [4.69, 9.17) is 5.73 Å². The molecule has 0 saturated heterocycles. The van der Waals surface area contributed by atoms with Crippen LogP contribution < -0.4 is 5.73 Å². The molecule has 0 bridgehead atoms. The summed E-state index contributed by atoms with van der Waals surface area (Å²) in [6.07, 6.45) is 4.41. The van der Waals surface area contributed by atoms with Gasteiger partial charge in [-0.15, -0.1) is 0 Å². The van der Waals surface area contributed by atoms with E-state index >= 15 is 0 Å². The van der Waals surface area contributed by atoms with Crippen molar-refractivity contribution < 1.29 is 4.79 Å². The molecule has 0 spiro atoms. The van der Waals surface area contributed by atoms with Gasteiger partial charge in [0.1, 0.15) is 0 Å². The van der Waals surface area contributed by atoms with Gasteiger partial charge in [0.25, 0.3) is 0 Å². The summed E-state index contributed by atoms with van der Waals surface area (Å²) in [5.41, 5.74) is 6.47. The van der Waals surface area contributed by atoms with Gasteiger partial charge in [-0.25, -0.2) is 0 Å². The van der Waals surface area contributed by atoms with Gasteiger partial charge in [-0.1, -0.05) is 0 Å². The van der Waals surface area contributed by atoms with E-state index in [0.717, 1.165) is 12.0 Å². The highest BCUT2D eigenvalue weighted by atomic mass is 16.1. The maximum absolute atomic E-state index is 10.8. The lowest BCUT2D eigenvalue weighted by molar-refractivity contribution is 0.0936. The van der Waals surface area contributed by atoms with Gasteiger partial charge in [0.05, 0.1) is 0 Å². The van der Waals surface area contributed by atoms with Crippen LogP contribution in [0, 0.1) is 0 Å². The molecule has 3 nitrogen and oxygen atoms in total. The molecule has 1 aromatic heterocycles. The van der Waals surface area contributed by atoms with Gasteiger partial charge in [0, 0.05) is 19.3 Å². The SMILES string of the molecule is CC(=O)n1ccc(CCN)c1. The molecule has 0 radical (unpaired) electrons. The molecule has 2 N–H and O–H groups in total. The Morgan fingerprint density at radius 1 is 1.73 bits per heavy atom. The third-order valence-electron chi connectivity index (χ3n) is 1.55. The molecule has 1 aromatic rings. The van der Waals surface area contributed by atoms with Crippen molar-refractivity contribution in [1.29, 1.82) is 0 Å². The highest BCUT2D eigenvalue weighted by Crippen LogP contribution is 2.00. The average molecular weight is 152 g/mol. The molecule has 0 aromatic carbocycles. The minimum Gasteiger partial charge on any atom is -0.330 e. The van der Waals surface area contributed by atoms with Crippen LogP contribution in [0.2, 0.25) is 0 Å². The maximum Gasteiger partial charge on any atom is 0.227 e. The summed E-state index contributed by atoms with van der Waals surface area (Å²) >= 11 is 0. The number of nitrogens with zero attached hydrogens (tertiary/aromatic N) is 1. The van der Waals surface area contributed by atoms with E-state index in [2.05, 4.69) is 0 Å². The molecule has 0 aliphatic rings. The largest absolute Gasteiger partial charge is 0.330 e. The van der Waals surface area contributed by atoms with Crippen LogP contribution in [-0.4, -0.2) is 17.0 Å². The molecule has 0 fully saturated rings. The van der Waals surface area contributed by atoms with Crippen LogP contribution in [0.25, 0.3) is 0 Å². The molecule has 0 aliphatic heterocycles. The standard InChI is InChI=1S/C8H12N2O/c1-7(11)10-5-3-8(6-10)2-4-9/h3,5-6H,2,4,9H2,1H3. The van der Waals surface area contributed by atoms with Crippen LogP contribution in [0.4, 0.5) is 0 Å². The van der Waals surface area contributed by atoms with E-state index in [1.807, 2.05) is 12.3 Å². The van der Waals surface area contributed by atoms with Crippen LogP contribution in [0.1, 0.15) is 17.3 Å². The van der Waals surface area contributed by atoms with E-state index in [1.165, 1.54) is 6.92 Å². The molecule has 3 heteroatoms. The first-order valence-electron chi connectivity index (χ1n) is 3.62.